The van der Waals surface area contributed by atoms with Crippen molar-refractivity contribution in [1.29, 1.82) is 0 Å². The molecule has 0 bridgehead atoms. The van der Waals surface area contributed by atoms with Crippen LogP contribution in [0.25, 0.3) is 0 Å². The molecule has 4 aromatic carbocycles. The topological polar surface area (TPSA) is 75.7 Å². The summed E-state index contributed by atoms with van der Waals surface area (Å²) in [6.07, 6.45) is 0. The lowest BCUT2D eigenvalue weighted by Gasteiger charge is -2.26. The van der Waals surface area contributed by atoms with Crippen molar-refractivity contribution >= 4 is 27.3 Å². The van der Waals surface area contributed by atoms with Gasteiger partial charge in [0.2, 0.25) is 5.91 Å². The number of aryl methyl sites for hydroxylation is 1. The number of sulfonamides is 1. The molecule has 0 fully saturated rings. The van der Waals surface area contributed by atoms with Crippen molar-refractivity contribution in [3.8, 4) is 11.5 Å². The molecular formula is C28H26N2O4S. The first-order valence-electron chi connectivity index (χ1n) is 11.1. The minimum absolute atomic E-state index is 0.113. The Morgan fingerprint density at radius 1 is 0.800 bits per heavy atom. The second-order valence-electron chi connectivity index (χ2n) is 8.00. The van der Waals surface area contributed by atoms with Gasteiger partial charge in [-0.3, -0.25) is 9.10 Å². The van der Waals surface area contributed by atoms with Crippen molar-refractivity contribution in [2.45, 2.75) is 18.7 Å². The van der Waals surface area contributed by atoms with Crippen molar-refractivity contribution in [1.82, 2.24) is 0 Å². The van der Waals surface area contributed by atoms with Crippen molar-refractivity contribution in [2.75, 3.05) is 16.2 Å². The van der Waals surface area contributed by atoms with Gasteiger partial charge in [0.05, 0.1) is 16.3 Å². The highest BCUT2D eigenvalue weighted by Gasteiger charge is 2.28. The molecule has 1 amide bonds. The summed E-state index contributed by atoms with van der Waals surface area (Å²) in [5.74, 6) is 0.587. The summed E-state index contributed by atoms with van der Waals surface area (Å²) >= 11 is 0. The standard InChI is InChI=1S/C28H26N2O4S/c1-21-12-11-18-26(22(21)2)30(35(32,33)24-15-7-4-8-16-24)20-28(31)29-25-17-9-10-19-27(25)34-23-13-5-3-6-14-23/h3-19H,20H2,1-2H3,(H,29,31). The highest BCUT2D eigenvalue weighted by atomic mass is 32.2. The zero-order valence-corrected chi connectivity index (χ0v) is 20.3. The number of benzene rings is 4. The largest absolute Gasteiger partial charge is 0.455 e. The average molecular weight is 487 g/mol. The van der Waals surface area contributed by atoms with Gasteiger partial charge < -0.3 is 10.1 Å². The third-order valence-electron chi connectivity index (χ3n) is 5.60. The van der Waals surface area contributed by atoms with Crippen LogP contribution < -0.4 is 14.4 Å². The molecule has 0 saturated carbocycles. The zero-order chi connectivity index (χ0) is 24.8. The molecule has 0 aliphatic rings. The van der Waals surface area contributed by atoms with Crippen LogP contribution in [-0.2, 0) is 14.8 Å². The fourth-order valence-electron chi connectivity index (χ4n) is 3.62. The Morgan fingerprint density at radius 2 is 1.43 bits per heavy atom. The van der Waals surface area contributed by atoms with Crippen LogP contribution in [-0.4, -0.2) is 20.9 Å². The van der Waals surface area contributed by atoms with Crippen LogP contribution in [0.15, 0.2) is 108 Å². The van der Waals surface area contributed by atoms with Gasteiger partial charge in [-0.15, -0.1) is 0 Å². The normalized spacial score (nSPS) is 11.0. The summed E-state index contributed by atoms with van der Waals surface area (Å²) in [4.78, 5) is 13.3. The third kappa shape index (κ3) is 5.53. The van der Waals surface area contributed by atoms with Gasteiger partial charge in [0.1, 0.15) is 12.3 Å². The molecule has 7 heteroatoms. The molecule has 1 N–H and O–H groups in total. The Labute approximate surface area is 205 Å². The molecule has 0 aliphatic carbocycles. The summed E-state index contributed by atoms with van der Waals surface area (Å²) in [5.41, 5.74) is 2.61. The first-order chi connectivity index (χ1) is 16.9. The molecule has 35 heavy (non-hydrogen) atoms. The lowest BCUT2D eigenvalue weighted by molar-refractivity contribution is -0.114. The first kappa shape index (κ1) is 24.0. The van der Waals surface area contributed by atoms with Crippen LogP contribution in [0.2, 0.25) is 0 Å². The molecule has 0 saturated heterocycles. The number of ether oxygens (including phenoxy) is 1. The van der Waals surface area contributed by atoms with Gasteiger partial charge in [-0.05, 0) is 67.4 Å². The van der Waals surface area contributed by atoms with Gasteiger partial charge in [-0.1, -0.05) is 60.7 Å². The third-order valence-corrected chi connectivity index (χ3v) is 7.37. The molecule has 178 valence electrons. The number of amides is 1. The van der Waals surface area contributed by atoms with E-state index in [9.17, 15) is 13.2 Å². The average Bonchev–Trinajstić information content (AvgIpc) is 2.87. The van der Waals surface area contributed by atoms with E-state index in [2.05, 4.69) is 5.32 Å². The molecule has 0 atom stereocenters. The monoisotopic (exact) mass is 486 g/mol. The fraction of sp³-hybridized carbons (Fsp3) is 0.107. The maximum absolute atomic E-state index is 13.6. The van der Waals surface area contributed by atoms with E-state index >= 15 is 0 Å². The number of para-hydroxylation sites is 3. The number of carbonyl (C=O) groups excluding carboxylic acids is 1. The molecule has 0 aromatic heterocycles. The molecule has 0 unspecified atom stereocenters. The van der Waals surface area contributed by atoms with Crippen LogP contribution in [0.1, 0.15) is 11.1 Å². The van der Waals surface area contributed by atoms with Crippen LogP contribution >= 0.6 is 0 Å². The zero-order valence-electron chi connectivity index (χ0n) is 19.5. The van der Waals surface area contributed by atoms with Crippen molar-refractivity contribution in [3.63, 3.8) is 0 Å². The molecular weight excluding hydrogens is 460 g/mol. The van der Waals surface area contributed by atoms with E-state index in [1.54, 1.807) is 54.6 Å². The molecule has 4 rings (SSSR count). The molecule has 4 aromatic rings. The van der Waals surface area contributed by atoms with Gasteiger partial charge >= 0.3 is 0 Å². The number of hydrogen-bond acceptors (Lipinski definition) is 4. The quantitative estimate of drug-likeness (QED) is 0.335. The molecule has 0 aliphatic heterocycles. The minimum atomic E-state index is -4.00. The predicted octanol–water partition coefficient (Wildman–Crippen LogP) is 5.93. The van der Waals surface area contributed by atoms with E-state index in [0.717, 1.165) is 15.4 Å². The second kappa shape index (κ2) is 10.4. The highest BCUT2D eigenvalue weighted by molar-refractivity contribution is 7.92. The number of nitrogens with zero attached hydrogens (tertiary/aromatic N) is 1. The lowest BCUT2D eigenvalue weighted by Crippen LogP contribution is -2.38. The van der Waals surface area contributed by atoms with E-state index in [1.807, 2.05) is 50.2 Å². The number of carbonyl (C=O) groups is 1. The number of nitrogens with one attached hydrogen (secondary N) is 1. The van der Waals surface area contributed by atoms with Crippen molar-refractivity contribution in [2.24, 2.45) is 0 Å². The SMILES string of the molecule is Cc1cccc(N(CC(=O)Nc2ccccc2Oc2ccccc2)S(=O)(=O)c2ccccc2)c1C. The first-order valence-corrected chi connectivity index (χ1v) is 12.6. The van der Waals surface area contributed by atoms with Gasteiger partial charge in [-0.25, -0.2) is 8.42 Å². The Morgan fingerprint density at radius 3 is 2.14 bits per heavy atom. The van der Waals surface area contributed by atoms with Crippen LogP contribution in [0.3, 0.4) is 0 Å². The second-order valence-corrected chi connectivity index (χ2v) is 9.87. The predicted molar refractivity (Wildman–Crippen MR) is 138 cm³/mol. The van der Waals surface area contributed by atoms with Gasteiger partial charge in [-0.2, -0.15) is 0 Å². The smallest absolute Gasteiger partial charge is 0.264 e. The van der Waals surface area contributed by atoms with Crippen LogP contribution in [0, 0.1) is 13.8 Å². The minimum Gasteiger partial charge on any atom is -0.455 e. The van der Waals surface area contributed by atoms with Crippen LogP contribution in [0.4, 0.5) is 11.4 Å². The van der Waals surface area contributed by atoms with Crippen molar-refractivity contribution in [3.05, 3.63) is 114 Å². The maximum Gasteiger partial charge on any atom is 0.264 e. The Bertz CT molecular complexity index is 1420. The van der Waals surface area contributed by atoms with E-state index in [1.165, 1.54) is 12.1 Å². The Kier molecular flexibility index (Phi) is 7.17. The summed E-state index contributed by atoms with van der Waals surface area (Å²) < 4.78 is 34.3. The van der Waals surface area contributed by atoms with E-state index in [0.29, 0.717) is 22.9 Å². The summed E-state index contributed by atoms with van der Waals surface area (Å²) in [6.45, 7) is 3.35. The summed E-state index contributed by atoms with van der Waals surface area (Å²) in [5, 5.41) is 2.82. The highest BCUT2D eigenvalue weighted by Crippen LogP contribution is 2.31. The number of anilines is 2. The number of rotatable bonds is 8. The Hall–Kier alpha value is -4.10. The molecule has 0 radical (unpaired) electrons. The maximum atomic E-state index is 13.6. The van der Waals surface area contributed by atoms with Crippen LogP contribution in [0.5, 0.6) is 11.5 Å². The van der Waals surface area contributed by atoms with Crippen molar-refractivity contribution < 1.29 is 17.9 Å². The van der Waals surface area contributed by atoms with E-state index < -0.39 is 22.5 Å². The van der Waals surface area contributed by atoms with E-state index in [4.69, 9.17) is 4.74 Å². The summed E-state index contributed by atoms with van der Waals surface area (Å²) in [7, 11) is -4.00. The van der Waals surface area contributed by atoms with Gasteiger partial charge in [0, 0.05) is 0 Å². The Balaban J connectivity index is 1.65. The van der Waals surface area contributed by atoms with E-state index in [-0.39, 0.29) is 4.90 Å². The van der Waals surface area contributed by atoms with Gasteiger partial charge in [0.15, 0.2) is 5.75 Å². The lowest BCUT2D eigenvalue weighted by atomic mass is 10.1. The fourth-order valence-corrected chi connectivity index (χ4v) is 5.12. The van der Waals surface area contributed by atoms with Gasteiger partial charge in [0.25, 0.3) is 10.0 Å². The molecule has 6 nitrogen and oxygen atoms in total. The summed E-state index contributed by atoms with van der Waals surface area (Å²) in [6, 6.07) is 29.8. The molecule has 0 spiro atoms. The molecule has 0 heterocycles. The number of hydrogen-bond donors (Lipinski definition) is 1.